The summed E-state index contributed by atoms with van der Waals surface area (Å²) in [6.07, 6.45) is 8.72. The Hall–Kier alpha value is -0.940. The first kappa shape index (κ1) is 20.0. The minimum atomic E-state index is -0.709. The maximum absolute atomic E-state index is 12.7. The number of aliphatic hydroxyl groups is 1. The number of hydrogen-bond acceptors (Lipinski definition) is 5. The standard InChI is InChI=1S/C24H38N2O3/c1-15-12-18-19-4-5-21(27)22(19,2)9-7-20(18)23(3)10-6-16(13-24(15,23)28)26-29-17-8-11-25-14-17/h15,17-20,25,28H,4-14H2,1-3H3/t15-,17-,18-,19-,20-,22-,23+,24-/m0/s1. The van der Waals surface area contributed by atoms with E-state index < -0.39 is 5.60 Å². The lowest BCUT2D eigenvalue weighted by Crippen LogP contribution is -2.65. The van der Waals surface area contributed by atoms with Gasteiger partial charge in [-0.15, -0.1) is 0 Å². The molecule has 29 heavy (non-hydrogen) atoms. The van der Waals surface area contributed by atoms with Gasteiger partial charge in [-0.3, -0.25) is 4.79 Å². The van der Waals surface area contributed by atoms with Crippen LogP contribution in [0.1, 0.15) is 78.6 Å². The second kappa shape index (κ2) is 6.78. The third-order valence-corrected chi connectivity index (χ3v) is 10.1. The molecule has 162 valence electrons. The lowest BCUT2D eigenvalue weighted by molar-refractivity contribution is -0.214. The molecule has 5 rings (SSSR count). The first-order valence-corrected chi connectivity index (χ1v) is 12.0. The lowest BCUT2D eigenvalue weighted by Gasteiger charge is -2.65. The van der Waals surface area contributed by atoms with Gasteiger partial charge in [0.2, 0.25) is 0 Å². The summed E-state index contributed by atoms with van der Waals surface area (Å²) in [6.45, 7) is 8.69. The maximum Gasteiger partial charge on any atom is 0.141 e. The SMILES string of the molecule is C[C@H]1C[C@H]2[C@@H]3CCC(=O)[C@@]3(C)CC[C@@H]2[C@@]2(C)CCC(=NO[C@H]3CCNC3)C[C@]12O. The number of ketones is 1. The quantitative estimate of drug-likeness (QED) is 0.691. The molecule has 0 unspecified atom stereocenters. The van der Waals surface area contributed by atoms with Gasteiger partial charge in [-0.05, 0) is 68.7 Å². The Kier molecular flexibility index (Phi) is 4.67. The van der Waals surface area contributed by atoms with E-state index in [1.807, 2.05) is 0 Å². The van der Waals surface area contributed by atoms with E-state index >= 15 is 0 Å². The number of carbonyl (C=O) groups excluding carboxylic acids is 1. The van der Waals surface area contributed by atoms with E-state index in [1.165, 1.54) is 0 Å². The fraction of sp³-hybridized carbons (Fsp3) is 0.917. The van der Waals surface area contributed by atoms with E-state index in [-0.39, 0.29) is 22.9 Å². The van der Waals surface area contributed by atoms with Gasteiger partial charge in [0.1, 0.15) is 11.9 Å². The minimum absolute atomic E-state index is 0.0871. The van der Waals surface area contributed by atoms with Crippen molar-refractivity contribution in [1.82, 2.24) is 5.32 Å². The van der Waals surface area contributed by atoms with Crippen molar-refractivity contribution in [2.24, 2.45) is 39.7 Å². The molecule has 0 aromatic heterocycles. The molecule has 0 aromatic carbocycles. The monoisotopic (exact) mass is 402 g/mol. The Morgan fingerprint density at radius 3 is 2.72 bits per heavy atom. The second-order valence-electron chi connectivity index (χ2n) is 11.3. The van der Waals surface area contributed by atoms with Crippen molar-refractivity contribution in [1.29, 1.82) is 0 Å². The van der Waals surface area contributed by atoms with E-state index in [0.717, 1.165) is 70.2 Å². The number of nitrogens with one attached hydrogen (secondary N) is 1. The maximum atomic E-state index is 12.7. The summed E-state index contributed by atoms with van der Waals surface area (Å²) in [5.74, 6) is 2.35. The van der Waals surface area contributed by atoms with Crippen LogP contribution in [0.15, 0.2) is 5.16 Å². The van der Waals surface area contributed by atoms with Gasteiger partial charge in [-0.25, -0.2) is 0 Å². The molecule has 5 fully saturated rings. The van der Waals surface area contributed by atoms with Crippen LogP contribution in [0.2, 0.25) is 0 Å². The van der Waals surface area contributed by atoms with Crippen molar-refractivity contribution in [2.45, 2.75) is 90.3 Å². The van der Waals surface area contributed by atoms with Crippen molar-refractivity contribution >= 4 is 11.5 Å². The largest absolute Gasteiger partial charge is 0.391 e. The summed E-state index contributed by atoms with van der Waals surface area (Å²) in [5.41, 5.74) is 0.144. The van der Waals surface area contributed by atoms with E-state index in [0.29, 0.717) is 30.0 Å². The molecule has 1 heterocycles. The summed E-state index contributed by atoms with van der Waals surface area (Å²) in [6, 6.07) is 0. The first-order chi connectivity index (χ1) is 13.8. The van der Waals surface area contributed by atoms with Gasteiger partial charge in [0, 0.05) is 36.6 Å². The topological polar surface area (TPSA) is 70.9 Å². The number of hydrogen-bond donors (Lipinski definition) is 2. The molecule has 1 saturated heterocycles. The third kappa shape index (κ3) is 2.79. The Morgan fingerprint density at radius 2 is 1.97 bits per heavy atom. The smallest absolute Gasteiger partial charge is 0.141 e. The summed E-state index contributed by atoms with van der Waals surface area (Å²) >= 11 is 0. The van der Waals surface area contributed by atoms with Crippen LogP contribution in [0, 0.1) is 34.5 Å². The number of fused-ring (bicyclic) bond motifs is 5. The molecule has 4 saturated carbocycles. The molecule has 0 amide bonds. The van der Waals surface area contributed by atoms with Gasteiger partial charge in [0.15, 0.2) is 0 Å². The van der Waals surface area contributed by atoms with Crippen LogP contribution >= 0.6 is 0 Å². The normalized spacial score (nSPS) is 53.4. The van der Waals surface area contributed by atoms with Crippen LogP contribution in [0.25, 0.3) is 0 Å². The van der Waals surface area contributed by atoms with E-state index in [9.17, 15) is 9.90 Å². The second-order valence-corrected chi connectivity index (χ2v) is 11.3. The molecule has 5 heteroatoms. The lowest BCUT2D eigenvalue weighted by atomic mass is 9.41. The highest BCUT2D eigenvalue weighted by atomic mass is 16.6. The Balaban J connectivity index is 1.39. The number of oxime groups is 1. The molecule has 5 nitrogen and oxygen atoms in total. The van der Waals surface area contributed by atoms with Crippen LogP contribution in [0.5, 0.6) is 0 Å². The van der Waals surface area contributed by atoms with Gasteiger partial charge in [-0.2, -0.15) is 0 Å². The Morgan fingerprint density at radius 1 is 1.14 bits per heavy atom. The summed E-state index contributed by atoms with van der Waals surface area (Å²) in [7, 11) is 0. The number of rotatable bonds is 2. The molecule has 1 aliphatic heterocycles. The third-order valence-electron chi connectivity index (χ3n) is 10.1. The zero-order valence-electron chi connectivity index (χ0n) is 18.4. The molecule has 5 aliphatic rings. The van der Waals surface area contributed by atoms with Crippen LogP contribution in [-0.4, -0.2) is 41.4 Å². The van der Waals surface area contributed by atoms with Gasteiger partial charge >= 0.3 is 0 Å². The molecule has 2 N–H and O–H groups in total. The highest BCUT2D eigenvalue weighted by molar-refractivity contribution is 5.87. The van der Waals surface area contributed by atoms with Crippen LogP contribution < -0.4 is 5.32 Å². The van der Waals surface area contributed by atoms with Crippen LogP contribution in [0.3, 0.4) is 0 Å². The fourth-order valence-electron chi connectivity index (χ4n) is 8.19. The Labute approximate surface area is 175 Å². The average Bonchev–Trinajstić information content (AvgIpc) is 3.31. The van der Waals surface area contributed by atoms with E-state index in [4.69, 9.17) is 4.84 Å². The molecule has 0 radical (unpaired) electrons. The molecular formula is C24H38N2O3. The summed E-state index contributed by atoms with van der Waals surface area (Å²) in [5, 5.41) is 19.9. The fourth-order valence-corrected chi connectivity index (χ4v) is 8.19. The zero-order chi connectivity index (χ0) is 20.4. The van der Waals surface area contributed by atoms with E-state index in [2.05, 4.69) is 31.2 Å². The predicted molar refractivity (Wildman–Crippen MR) is 113 cm³/mol. The minimum Gasteiger partial charge on any atom is -0.391 e. The first-order valence-electron chi connectivity index (χ1n) is 12.0. The molecular weight excluding hydrogens is 364 g/mol. The van der Waals surface area contributed by atoms with Gasteiger partial charge < -0.3 is 15.3 Å². The van der Waals surface area contributed by atoms with Crippen molar-refractivity contribution in [3.05, 3.63) is 0 Å². The van der Waals surface area contributed by atoms with Gasteiger partial charge in [-0.1, -0.05) is 25.9 Å². The Bertz CT molecular complexity index is 717. The van der Waals surface area contributed by atoms with Crippen molar-refractivity contribution in [3.63, 3.8) is 0 Å². The zero-order valence-corrected chi connectivity index (χ0v) is 18.4. The molecule has 0 aromatic rings. The van der Waals surface area contributed by atoms with Crippen molar-refractivity contribution < 1.29 is 14.7 Å². The van der Waals surface area contributed by atoms with Gasteiger partial charge in [0.25, 0.3) is 0 Å². The van der Waals surface area contributed by atoms with E-state index in [1.54, 1.807) is 0 Å². The number of nitrogens with zero attached hydrogens (tertiary/aromatic N) is 1. The molecule has 0 bridgehead atoms. The number of Topliss-reactive ketones (excluding diaryl/α,β-unsaturated/α-hetero) is 1. The van der Waals surface area contributed by atoms with Crippen LogP contribution in [0.4, 0.5) is 0 Å². The number of carbonyl (C=O) groups is 1. The predicted octanol–water partition coefficient (Wildman–Crippen LogP) is 3.69. The van der Waals surface area contributed by atoms with Gasteiger partial charge in [0.05, 0.1) is 11.3 Å². The average molecular weight is 403 g/mol. The summed E-state index contributed by atoms with van der Waals surface area (Å²) in [4.78, 5) is 18.5. The van der Waals surface area contributed by atoms with Crippen molar-refractivity contribution in [3.8, 4) is 0 Å². The molecule has 8 atom stereocenters. The highest BCUT2D eigenvalue weighted by Gasteiger charge is 2.66. The van der Waals surface area contributed by atoms with Crippen LogP contribution in [-0.2, 0) is 9.63 Å². The molecule has 0 spiro atoms. The summed E-state index contributed by atoms with van der Waals surface area (Å²) < 4.78 is 0. The molecule has 4 aliphatic carbocycles. The van der Waals surface area contributed by atoms with Crippen molar-refractivity contribution in [2.75, 3.05) is 13.1 Å². The highest BCUT2D eigenvalue weighted by Crippen LogP contribution is 2.67.